The molecule has 0 saturated carbocycles. The average Bonchev–Trinajstić information content (AvgIpc) is 2.62. The molecule has 0 atom stereocenters. The normalized spacial score (nSPS) is 10.6. The second-order valence-electron chi connectivity index (χ2n) is 3.26. The van der Waals surface area contributed by atoms with Gasteiger partial charge in [-0.3, -0.25) is 10.1 Å². The van der Waals surface area contributed by atoms with Gasteiger partial charge in [0.1, 0.15) is 12.0 Å². The second kappa shape index (κ2) is 4.86. The van der Waals surface area contributed by atoms with E-state index in [9.17, 15) is 10.1 Å². The fraction of sp³-hybridized carbons (Fsp3) is 0.250. The fourth-order valence-corrected chi connectivity index (χ4v) is 2.42. The number of nitro groups is 1. The predicted molar refractivity (Wildman–Crippen MR) is 63.6 cm³/mol. The quantitative estimate of drug-likeness (QED) is 0.366. The lowest BCUT2D eigenvalue weighted by molar-refractivity contribution is -0.389. The van der Waals surface area contributed by atoms with Crippen molar-refractivity contribution in [1.82, 2.24) is 24.7 Å². The molecule has 94 valence electrons. The molecule has 2 aromatic heterocycles. The third-order valence-electron chi connectivity index (χ3n) is 2.04. The van der Waals surface area contributed by atoms with Crippen LogP contribution < -0.4 is 0 Å². The molecular formula is C8H7ClN6O2S. The van der Waals surface area contributed by atoms with Gasteiger partial charge in [0.15, 0.2) is 10.2 Å². The van der Waals surface area contributed by atoms with Gasteiger partial charge in [0.25, 0.3) is 0 Å². The number of halogens is 1. The monoisotopic (exact) mass is 286 g/mol. The lowest BCUT2D eigenvalue weighted by Crippen LogP contribution is -2.01. The zero-order valence-corrected chi connectivity index (χ0v) is 10.9. The molecule has 0 radical (unpaired) electrons. The second-order valence-corrected chi connectivity index (χ2v) is 4.55. The first kappa shape index (κ1) is 12.7. The number of hydrogen-bond donors (Lipinski definition) is 0. The van der Waals surface area contributed by atoms with Gasteiger partial charge >= 0.3 is 5.69 Å². The molecule has 0 aliphatic heterocycles. The Kier molecular flexibility index (Phi) is 3.43. The highest BCUT2D eigenvalue weighted by atomic mass is 35.5. The minimum absolute atomic E-state index is 0.0391. The molecule has 0 aliphatic rings. The maximum atomic E-state index is 11.0. The maximum Gasteiger partial charge on any atom is 0.322 e. The zero-order valence-electron chi connectivity index (χ0n) is 9.36. The van der Waals surface area contributed by atoms with Gasteiger partial charge in [-0.25, -0.2) is 19.6 Å². The third-order valence-corrected chi connectivity index (χ3v) is 3.24. The van der Waals surface area contributed by atoms with Crippen LogP contribution in [0.4, 0.5) is 5.69 Å². The van der Waals surface area contributed by atoms with Gasteiger partial charge in [0.2, 0.25) is 5.28 Å². The maximum absolute atomic E-state index is 11.0. The average molecular weight is 287 g/mol. The Morgan fingerprint density at radius 1 is 1.50 bits per heavy atom. The summed E-state index contributed by atoms with van der Waals surface area (Å²) in [5.41, 5.74) is 0.0390. The minimum atomic E-state index is -0.537. The van der Waals surface area contributed by atoms with Crippen LogP contribution in [0.25, 0.3) is 0 Å². The van der Waals surface area contributed by atoms with Crippen molar-refractivity contribution >= 4 is 29.1 Å². The topological polar surface area (TPSA) is 99.6 Å². The van der Waals surface area contributed by atoms with Crippen LogP contribution in [0.3, 0.4) is 0 Å². The molecule has 0 saturated heterocycles. The molecule has 18 heavy (non-hydrogen) atoms. The van der Waals surface area contributed by atoms with Crippen LogP contribution in [0.2, 0.25) is 5.28 Å². The Hall–Kier alpha value is -1.74. The number of aromatic nitrogens is 5. The van der Waals surface area contributed by atoms with Crippen molar-refractivity contribution in [3.8, 4) is 0 Å². The molecule has 2 rings (SSSR count). The largest absolute Gasteiger partial charge is 0.322 e. The van der Waals surface area contributed by atoms with E-state index in [1.165, 1.54) is 17.9 Å². The molecule has 2 aromatic rings. The third kappa shape index (κ3) is 2.41. The van der Waals surface area contributed by atoms with Gasteiger partial charge in [-0.05, 0) is 30.3 Å². The number of rotatable bonds is 3. The van der Waals surface area contributed by atoms with E-state index >= 15 is 0 Å². The standard InChI is InChI=1S/C8H7ClN6O2S/c1-4-5(15(16)17)6(13-7(9)12-4)18-8-10-3-11-14(8)2/h3H,1-2H3. The molecule has 0 spiro atoms. The lowest BCUT2D eigenvalue weighted by atomic mass is 10.4. The summed E-state index contributed by atoms with van der Waals surface area (Å²) in [5, 5.41) is 15.5. The summed E-state index contributed by atoms with van der Waals surface area (Å²) in [6, 6.07) is 0. The molecule has 10 heteroatoms. The van der Waals surface area contributed by atoms with Crippen molar-refractivity contribution in [2.24, 2.45) is 7.05 Å². The van der Waals surface area contributed by atoms with Crippen molar-refractivity contribution in [1.29, 1.82) is 0 Å². The van der Waals surface area contributed by atoms with Crippen LogP contribution in [0.1, 0.15) is 5.69 Å². The smallest absolute Gasteiger partial charge is 0.258 e. The van der Waals surface area contributed by atoms with Gasteiger partial charge in [-0.2, -0.15) is 5.10 Å². The van der Waals surface area contributed by atoms with Gasteiger partial charge in [0, 0.05) is 7.05 Å². The summed E-state index contributed by atoms with van der Waals surface area (Å²) < 4.78 is 1.49. The van der Waals surface area contributed by atoms with Gasteiger partial charge in [-0.15, -0.1) is 0 Å². The van der Waals surface area contributed by atoms with Gasteiger partial charge in [0.05, 0.1) is 4.92 Å². The Bertz CT molecular complexity index is 616. The molecule has 0 unspecified atom stereocenters. The van der Waals surface area contributed by atoms with Gasteiger partial charge < -0.3 is 0 Å². The molecule has 0 aliphatic carbocycles. The van der Waals surface area contributed by atoms with Crippen LogP contribution >= 0.6 is 23.4 Å². The molecule has 0 fully saturated rings. The van der Waals surface area contributed by atoms with E-state index < -0.39 is 4.92 Å². The Balaban J connectivity index is 2.49. The zero-order chi connectivity index (χ0) is 13.3. The van der Waals surface area contributed by atoms with E-state index in [1.54, 1.807) is 7.05 Å². The first-order valence-corrected chi connectivity index (χ1v) is 5.89. The summed E-state index contributed by atoms with van der Waals surface area (Å²) in [7, 11) is 1.68. The minimum Gasteiger partial charge on any atom is -0.258 e. The van der Waals surface area contributed by atoms with E-state index in [0.29, 0.717) is 5.16 Å². The van der Waals surface area contributed by atoms with Crippen molar-refractivity contribution in [2.75, 3.05) is 0 Å². The van der Waals surface area contributed by atoms with E-state index in [-0.39, 0.29) is 21.7 Å². The molecular weight excluding hydrogens is 280 g/mol. The Morgan fingerprint density at radius 2 is 2.22 bits per heavy atom. The van der Waals surface area contributed by atoms with Crippen molar-refractivity contribution in [3.63, 3.8) is 0 Å². The van der Waals surface area contributed by atoms with Gasteiger partial charge in [-0.1, -0.05) is 0 Å². The van der Waals surface area contributed by atoms with Crippen molar-refractivity contribution < 1.29 is 4.92 Å². The van der Waals surface area contributed by atoms with E-state index in [0.717, 1.165) is 11.8 Å². The summed E-state index contributed by atoms with van der Waals surface area (Å²) in [4.78, 5) is 22.0. The molecule has 0 aromatic carbocycles. The predicted octanol–water partition coefficient (Wildman–Crippen LogP) is 1.63. The first-order chi connectivity index (χ1) is 8.49. The summed E-state index contributed by atoms with van der Waals surface area (Å²) in [5.74, 6) is 0. The Morgan fingerprint density at radius 3 is 2.78 bits per heavy atom. The van der Waals surface area contributed by atoms with E-state index in [2.05, 4.69) is 20.1 Å². The SMILES string of the molecule is Cc1nc(Cl)nc(Sc2ncnn2C)c1[N+](=O)[O-]. The highest BCUT2D eigenvalue weighted by Gasteiger charge is 2.23. The summed E-state index contributed by atoms with van der Waals surface area (Å²) in [6.07, 6.45) is 1.35. The molecule has 0 amide bonds. The van der Waals surface area contributed by atoms with E-state index in [4.69, 9.17) is 11.6 Å². The highest BCUT2D eigenvalue weighted by molar-refractivity contribution is 7.99. The van der Waals surface area contributed by atoms with Crippen LogP contribution in [0, 0.1) is 17.0 Å². The van der Waals surface area contributed by atoms with Crippen molar-refractivity contribution in [3.05, 3.63) is 27.4 Å². The first-order valence-electron chi connectivity index (χ1n) is 4.69. The van der Waals surface area contributed by atoms with Crippen LogP contribution in [0.15, 0.2) is 16.5 Å². The van der Waals surface area contributed by atoms with Crippen LogP contribution in [-0.2, 0) is 7.05 Å². The van der Waals surface area contributed by atoms with Crippen LogP contribution in [0.5, 0.6) is 0 Å². The summed E-state index contributed by atoms with van der Waals surface area (Å²) >= 11 is 6.72. The number of nitrogens with zero attached hydrogens (tertiary/aromatic N) is 6. The number of hydrogen-bond acceptors (Lipinski definition) is 7. The molecule has 2 heterocycles. The molecule has 0 bridgehead atoms. The summed E-state index contributed by atoms with van der Waals surface area (Å²) in [6.45, 7) is 1.51. The lowest BCUT2D eigenvalue weighted by Gasteiger charge is -2.03. The number of aryl methyl sites for hydroxylation is 2. The fourth-order valence-electron chi connectivity index (χ4n) is 1.25. The van der Waals surface area contributed by atoms with E-state index in [1.807, 2.05) is 0 Å². The van der Waals surface area contributed by atoms with Crippen LogP contribution in [-0.4, -0.2) is 29.7 Å². The molecule has 0 N–H and O–H groups in total. The Labute approximate surface area is 111 Å². The van der Waals surface area contributed by atoms with Crippen molar-refractivity contribution in [2.45, 2.75) is 17.1 Å². The highest BCUT2D eigenvalue weighted by Crippen LogP contribution is 2.33. The molecule has 8 nitrogen and oxygen atoms in total.